The number of anilines is 1. The van der Waals surface area contributed by atoms with E-state index in [0.717, 1.165) is 25.9 Å². The molecule has 0 spiro atoms. The van der Waals surface area contributed by atoms with Crippen LogP contribution < -0.4 is 20.5 Å². The van der Waals surface area contributed by atoms with E-state index in [-0.39, 0.29) is 23.3 Å². The van der Waals surface area contributed by atoms with Crippen molar-refractivity contribution in [3.8, 4) is 11.5 Å². The fourth-order valence-electron chi connectivity index (χ4n) is 3.61. The molecular formula is C23H29FN4O4. The third kappa shape index (κ3) is 5.67. The average Bonchev–Trinajstić information content (AvgIpc) is 2.76. The standard InChI is InChI=1S/C23H29FN4O4/c1-3-31-17-12-18(20(24)19(13-17)32-16-8-10-28(2)11-9-16)21(23(29)30)27-15-6-4-14(5-7-15)22(25)26/h4-7,12-13,16,21,27H,3,8-11H2,1-2H3,(H3,25,26)(H,29,30)/t21-/m0/s1. The van der Waals surface area contributed by atoms with Crippen LogP contribution in [-0.2, 0) is 4.79 Å². The number of hydrogen-bond donors (Lipinski definition) is 4. The molecule has 172 valence electrons. The van der Waals surface area contributed by atoms with Crippen LogP contribution in [0.2, 0.25) is 0 Å². The van der Waals surface area contributed by atoms with Gasteiger partial charge < -0.3 is 30.5 Å². The van der Waals surface area contributed by atoms with Gasteiger partial charge >= 0.3 is 5.97 Å². The fraction of sp³-hybridized carbons (Fsp3) is 0.391. The predicted molar refractivity (Wildman–Crippen MR) is 120 cm³/mol. The lowest BCUT2D eigenvalue weighted by molar-refractivity contribution is -0.138. The molecule has 0 radical (unpaired) electrons. The van der Waals surface area contributed by atoms with Gasteiger partial charge in [-0.1, -0.05) is 0 Å². The number of nitrogens with two attached hydrogens (primary N) is 1. The van der Waals surface area contributed by atoms with E-state index >= 15 is 4.39 Å². The Bertz CT molecular complexity index is 959. The molecule has 1 heterocycles. The van der Waals surface area contributed by atoms with Gasteiger partial charge in [0.05, 0.1) is 6.61 Å². The van der Waals surface area contributed by atoms with Crippen LogP contribution in [0.4, 0.5) is 10.1 Å². The first-order chi connectivity index (χ1) is 15.3. The minimum absolute atomic E-state index is 0.0134. The monoisotopic (exact) mass is 444 g/mol. The third-order valence-corrected chi connectivity index (χ3v) is 5.38. The number of aliphatic carboxylic acids is 1. The first kappa shape index (κ1) is 23.3. The van der Waals surface area contributed by atoms with Gasteiger partial charge in [0.25, 0.3) is 0 Å². The van der Waals surface area contributed by atoms with Crippen LogP contribution in [0, 0.1) is 11.2 Å². The number of carboxylic acid groups (broad SMARTS) is 1. The largest absolute Gasteiger partial charge is 0.494 e. The van der Waals surface area contributed by atoms with Crippen LogP contribution in [-0.4, -0.2) is 54.7 Å². The fourth-order valence-corrected chi connectivity index (χ4v) is 3.61. The number of halogens is 1. The minimum Gasteiger partial charge on any atom is -0.494 e. The molecule has 0 unspecified atom stereocenters. The van der Waals surface area contributed by atoms with Crippen molar-refractivity contribution in [1.29, 1.82) is 5.41 Å². The summed E-state index contributed by atoms with van der Waals surface area (Å²) in [5.74, 6) is -1.75. The normalized spacial score (nSPS) is 15.7. The molecule has 1 fully saturated rings. The smallest absolute Gasteiger partial charge is 0.330 e. The Morgan fingerprint density at radius 3 is 2.53 bits per heavy atom. The van der Waals surface area contributed by atoms with Gasteiger partial charge in [0.15, 0.2) is 17.6 Å². The van der Waals surface area contributed by atoms with E-state index in [4.69, 9.17) is 20.6 Å². The molecule has 0 aromatic heterocycles. The number of ether oxygens (including phenoxy) is 2. The summed E-state index contributed by atoms with van der Waals surface area (Å²) in [5, 5.41) is 20.2. The number of nitrogens with zero attached hydrogens (tertiary/aromatic N) is 1. The maximum Gasteiger partial charge on any atom is 0.330 e. The summed E-state index contributed by atoms with van der Waals surface area (Å²) >= 11 is 0. The number of nitrogens with one attached hydrogen (secondary N) is 2. The van der Waals surface area contributed by atoms with Crippen molar-refractivity contribution >= 4 is 17.5 Å². The van der Waals surface area contributed by atoms with E-state index in [9.17, 15) is 9.90 Å². The highest BCUT2D eigenvalue weighted by atomic mass is 19.1. The van der Waals surface area contributed by atoms with E-state index < -0.39 is 17.8 Å². The number of likely N-dealkylation sites (tertiary alicyclic amines) is 1. The summed E-state index contributed by atoms with van der Waals surface area (Å²) in [6, 6.07) is 7.84. The van der Waals surface area contributed by atoms with Crippen molar-refractivity contribution in [2.45, 2.75) is 31.9 Å². The molecule has 3 rings (SSSR count). The summed E-state index contributed by atoms with van der Waals surface area (Å²) in [4.78, 5) is 14.2. The lowest BCUT2D eigenvalue weighted by Gasteiger charge is -2.30. The van der Waals surface area contributed by atoms with Crippen molar-refractivity contribution in [3.63, 3.8) is 0 Å². The number of nitrogen functional groups attached to an aromatic ring is 1. The van der Waals surface area contributed by atoms with Gasteiger partial charge in [-0.15, -0.1) is 0 Å². The zero-order valence-electron chi connectivity index (χ0n) is 18.2. The van der Waals surface area contributed by atoms with Gasteiger partial charge in [0.2, 0.25) is 0 Å². The average molecular weight is 445 g/mol. The van der Waals surface area contributed by atoms with Crippen LogP contribution >= 0.6 is 0 Å². The molecule has 0 bridgehead atoms. The van der Waals surface area contributed by atoms with Crippen molar-refractivity contribution in [2.75, 3.05) is 32.1 Å². The third-order valence-electron chi connectivity index (χ3n) is 5.38. The van der Waals surface area contributed by atoms with Crippen LogP contribution in [0.25, 0.3) is 0 Å². The zero-order chi connectivity index (χ0) is 23.3. The summed E-state index contributed by atoms with van der Waals surface area (Å²) in [5.41, 5.74) is 6.32. The lowest BCUT2D eigenvalue weighted by Crippen LogP contribution is -2.35. The van der Waals surface area contributed by atoms with Crippen LogP contribution in [0.5, 0.6) is 11.5 Å². The Kier molecular flexibility index (Phi) is 7.53. The topological polar surface area (TPSA) is 121 Å². The maximum atomic E-state index is 15.5. The second-order valence-electron chi connectivity index (χ2n) is 7.78. The molecule has 2 aromatic carbocycles. The number of hydrogen-bond acceptors (Lipinski definition) is 6. The Balaban J connectivity index is 1.91. The molecular weight excluding hydrogens is 415 g/mol. The molecule has 0 saturated carbocycles. The molecule has 8 nitrogen and oxygen atoms in total. The van der Waals surface area contributed by atoms with Gasteiger partial charge in [-0.25, -0.2) is 9.18 Å². The number of piperidine rings is 1. The van der Waals surface area contributed by atoms with Crippen LogP contribution in [0.1, 0.15) is 36.9 Å². The first-order valence-electron chi connectivity index (χ1n) is 10.5. The molecule has 9 heteroatoms. The summed E-state index contributed by atoms with van der Waals surface area (Å²) in [7, 11) is 2.02. The summed E-state index contributed by atoms with van der Waals surface area (Å²) in [6.07, 6.45) is 1.36. The Hall–Kier alpha value is -3.33. The molecule has 1 aliphatic rings. The molecule has 1 atom stereocenters. The Morgan fingerprint density at radius 2 is 1.97 bits per heavy atom. The van der Waals surface area contributed by atoms with E-state index in [0.29, 0.717) is 23.6 Å². The van der Waals surface area contributed by atoms with E-state index in [1.807, 2.05) is 7.05 Å². The second-order valence-corrected chi connectivity index (χ2v) is 7.78. The van der Waals surface area contributed by atoms with Crippen LogP contribution in [0.15, 0.2) is 36.4 Å². The van der Waals surface area contributed by atoms with Crippen molar-refractivity contribution in [2.24, 2.45) is 5.73 Å². The quantitative estimate of drug-likeness (QED) is 0.346. The molecule has 5 N–H and O–H groups in total. The highest BCUT2D eigenvalue weighted by molar-refractivity contribution is 5.95. The SMILES string of the molecule is CCOc1cc(OC2CCN(C)CC2)c(F)c([C@H](Nc2ccc(C(=N)N)cc2)C(=O)O)c1. The molecule has 1 saturated heterocycles. The molecule has 0 amide bonds. The van der Waals surface area contributed by atoms with Gasteiger partial charge in [0.1, 0.15) is 17.7 Å². The zero-order valence-corrected chi connectivity index (χ0v) is 18.2. The predicted octanol–water partition coefficient (Wildman–Crippen LogP) is 3.22. The number of carboxylic acids is 1. The molecule has 1 aliphatic heterocycles. The molecule has 32 heavy (non-hydrogen) atoms. The van der Waals surface area contributed by atoms with Crippen molar-refractivity contribution in [1.82, 2.24) is 4.90 Å². The Morgan fingerprint density at radius 1 is 1.31 bits per heavy atom. The maximum absolute atomic E-state index is 15.5. The van der Waals surface area contributed by atoms with Gasteiger partial charge in [-0.2, -0.15) is 0 Å². The Labute approximate surface area is 186 Å². The van der Waals surface area contributed by atoms with E-state index in [1.165, 1.54) is 12.1 Å². The molecule has 0 aliphatic carbocycles. The summed E-state index contributed by atoms with van der Waals surface area (Å²) < 4.78 is 27.0. The number of rotatable bonds is 9. The van der Waals surface area contributed by atoms with Gasteiger partial charge in [0, 0.05) is 36.0 Å². The van der Waals surface area contributed by atoms with E-state index in [2.05, 4.69) is 10.2 Å². The highest BCUT2D eigenvalue weighted by Gasteiger charge is 2.28. The summed E-state index contributed by atoms with van der Waals surface area (Å²) in [6.45, 7) is 3.83. The van der Waals surface area contributed by atoms with Gasteiger partial charge in [-0.3, -0.25) is 5.41 Å². The number of carbonyl (C=O) groups is 1. The lowest BCUT2D eigenvalue weighted by atomic mass is 10.0. The van der Waals surface area contributed by atoms with Crippen molar-refractivity contribution < 1.29 is 23.8 Å². The highest BCUT2D eigenvalue weighted by Crippen LogP contribution is 2.34. The second kappa shape index (κ2) is 10.3. The number of benzene rings is 2. The van der Waals surface area contributed by atoms with Gasteiger partial charge in [-0.05, 0) is 57.1 Å². The minimum atomic E-state index is -1.38. The van der Waals surface area contributed by atoms with Crippen LogP contribution in [0.3, 0.4) is 0 Å². The van der Waals surface area contributed by atoms with Crippen molar-refractivity contribution in [3.05, 3.63) is 53.3 Å². The number of amidine groups is 1. The first-order valence-corrected chi connectivity index (χ1v) is 10.5. The van der Waals surface area contributed by atoms with E-state index in [1.54, 1.807) is 31.2 Å². The molecule has 2 aromatic rings.